The van der Waals surface area contributed by atoms with Crippen molar-refractivity contribution in [1.29, 1.82) is 0 Å². The Labute approximate surface area is 207 Å². The van der Waals surface area contributed by atoms with Crippen LogP contribution in [0, 0.1) is 11.8 Å². The van der Waals surface area contributed by atoms with Crippen molar-refractivity contribution >= 4 is 17.5 Å². The topological polar surface area (TPSA) is 190 Å². The van der Waals surface area contributed by atoms with Crippen molar-refractivity contribution in [3.05, 3.63) is 45.7 Å². The maximum Gasteiger partial charge on any atom is 0.255 e. The molecule has 7 N–H and O–H groups in total. The molecule has 12 nitrogen and oxygen atoms in total. The smallest absolute Gasteiger partial charge is 0.255 e. The molecule has 4 atom stereocenters. The average molecular weight is 502 g/mol. The van der Waals surface area contributed by atoms with E-state index in [1.165, 1.54) is 11.1 Å². The van der Waals surface area contributed by atoms with Crippen LogP contribution in [0.2, 0.25) is 0 Å². The van der Waals surface area contributed by atoms with Crippen LogP contribution in [0.15, 0.2) is 28.9 Å². The quantitative estimate of drug-likeness (QED) is 0.210. The SMILES string of the molecule is CN(C)CNCc1ncc2c(c1O)C(=O)C1=C(O)[C@]3(O)C(=O)C(C(N)=O)=C(O)[C@@H](N(C)C)[C@@H]3C[C@@H]1C2. The zero-order valence-electron chi connectivity index (χ0n) is 20.6. The fourth-order valence-electron chi connectivity index (χ4n) is 5.68. The van der Waals surface area contributed by atoms with Crippen molar-refractivity contribution in [3.8, 4) is 5.75 Å². The van der Waals surface area contributed by atoms with E-state index in [-0.39, 0.29) is 42.0 Å². The number of ketones is 2. The zero-order valence-corrected chi connectivity index (χ0v) is 20.6. The van der Waals surface area contributed by atoms with Gasteiger partial charge in [0.1, 0.15) is 22.8 Å². The number of pyridine rings is 1. The van der Waals surface area contributed by atoms with Crippen LogP contribution in [-0.4, -0.2) is 99.2 Å². The number of likely N-dealkylation sites (N-methyl/N-ethyl adjacent to an activating group) is 1. The fraction of sp³-hybridized carbons (Fsp3) is 0.500. The van der Waals surface area contributed by atoms with Gasteiger partial charge >= 0.3 is 0 Å². The number of aromatic nitrogens is 1. The van der Waals surface area contributed by atoms with Crippen molar-refractivity contribution in [1.82, 2.24) is 20.1 Å². The number of primary amides is 1. The number of aromatic hydroxyl groups is 1. The second kappa shape index (κ2) is 8.96. The Hall–Kier alpha value is -3.32. The van der Waals surface area contributed by atoms with E-state index in [4.69, 9.17) is 5.73 Å². The molecule has 36 heavy (non-hydrogen) atoms. The van der Waals surface area contributed by atoms with E-state index < -0.39 is 58.0 Å². The molecule has 1 amide bonds. The van der Waals surface area contributed by atoms with Gasteiger partial charge < -0.3 is 26.2 Å². The van der Waals surface area contributed by atoms with E-state index in [9.17, 15) is 34.8 Å². The standard InChI is InChI=1S/C24H31N5O7/c1-28(2)9-26-8-13-18(30)14-11(7-27-13)5-10-6-12-17(29(3)4)20(32)16(23(25)35)22(34)24(12,36)21(33)15(10)19(14)31/h7,10,12,17,26,30,32-33,36H,5-6,8-9H2,1-4H3,(H2,25,35)/t10-,12-,17-,24-/m0/s1. The number of carbonyl (C=O) groups excluding carboxylic acids is 3. The molecule has 0 aliphatic heterocycles. The number of amides is 1. The van der Waals surface area contributed by atoms with Gasteiger partial charge in [0.2, 0.25) is 5.78 Å². The lowest BCUT2D eigenvalue weighted by atomic mass is 9.58. The van der Waals surface area contributed by atoms with E-state index in [0.717, 1.165) is 0 Å². The van der Waals surface area contributed by atoms with Crippen LogP contribution in [0.3, 0.4) is 0 Å². The largest absolute Gasteiger partial charge is 0.510 e. The van der Waals surface area contributed by atoms with Gasteiger partial charge in [0.15, 0.2) is 11.4 Å². The molecule has 12 heteroatoms. The second-order valence-corrected chi connectivity index (χ2v) is 10.1. The normalized spacial score (nSPS) is 27.9. The highest BCUT2D eigenvalue weighted by Gasteiger charge is 2.63. The average Bonchev–Trinajstić information content (AvgIpc) is 2.77. The molecule has 0 bridgehead atoms. The monoisotopic (exact) mass is 501 g/mol. The molecule has 0 unspecified atom stereocenters. The highest BCUT2D eigenvalue weighted by Crippen LogP contribution is 2.52. The summed E-state index contributed by atoms with van der Waals surface area (Å²) in [6, 6.07) is -1.02. The van der Waals surface area contributed by atoms with Crippen molar-refractivity contribution in [2.45, 2.75) is 31.0 Å². The molecule has 1 heterocycles. The summed E-state index contributed by atoms with van der Waals surface area (Å²) in [5.74, 6) is -6.73. The first kappa shape index (κ1) is 25.8. The minimum atomic E-state index is -2.65. The van der Waals surface area contributed by atoms with Crippen molar-refractivity contribution in [3.63, 3.8) is 0 Å². The summed E-state index contributed by atoms with van der Waals surface area (Å²) in [7, 11) is 6.89. The second-order valence-electron chi connectivity index (χ2n) is 10.1. The number of nitrogens with two attached hydrogens (primary N) is 1. The third-order valence-electron chi connectivity index (χ3n) is 7.26. The molecule has 3 aliphatic carbocycles. The minimum absolute atomic E-state index is 0.0403. The minimum Gasteiger partial charge on any atom is -0.510 e. The Balaban J connectivity index is 1.83. The molecule has 0 saturated heterocycles. The molecule has 1 aromatic heterocycles. The lowest BCUT2D eigenvalue weighted by Crippen LogP contribution is -2.63. The summed E-state index contributed by atoms with van der Waals surface area (Å²) in [6.07, 6.45) is 1.76. The van der Waals surface area contributed by atoms with Gasteiger partial charge in [-0.05, 0) is 52.5 Å². The van der Waals surface area contributed by atoms with Gasteiger partial charge in [0.05, 0.1) is 17.3 Å². The van der Waals surface area contributed by atoms with E-state index in [1.807, 2.05) is 19.0 Å². The maximum absolute atomic E-state index is 13.6. The molecule has 1 aromatic rings. The lowest BCUT2D eigenvalue weighted by Gasteiger charge is -2.50. The number of aliphatic hydroxyl groups is 3. The summed E-state index contributed by atoms with van der Waals surface area (Å²) >= 11 is 0. The van der Waals surface area contributed by atoms with Gasteiger partial charge in [-0.1, -0.05) is 0 Å². The van der Waals surface area contributed by atoms with E-state index in [0.29, 0.717) is 12.2 Å². The summed E-state index contributed by atoms with van der Waals surface area (Å²) in [4.78, 5) is 46.6. The van der Waals surface area contributed by atoms with Crippen LogP contribution < -0.4 is 11.1 Å². The highest BCUT2D eigenvalue weighted by atomic mass is 16.3. The van der Waals surface area contributed by atoms with Crippen LogP contribution in [0.5, 0.6) is 5.75 Å². The number of hydrogen-bond donors (Lipinski definition) is 6. The van der Waals surface area contributed by atoms with Gasteiger partial charge in [0, 0.05) is 30.9 Å². The summed E-state index contributed by atoms with van der Waals surface area (Å²) in [5, 5.41) is 47.6. The summed E-state index contributed by atoms with van der Waals surface area (Å²) in [5.41, 5.74) is 2.33. The number of nitrogens with zero attached hydrogens (tertiary/aromatic N) is 3. The van der Waals surface area contributed by atoms with Crippen LogP contribution in [0.25, 0.3) is 0 Å². The molecular weight excluding hydrogens is 470 g/mol. The van der Waals surface area contributed by atoms with E-state index in [1.54, 1.807) is 14.1 Å². The van der Waals surface area contributed by atoms with Crippen molar-refractivity contribution in [2.24, 2.45) is 17.6 Å². The Morgan fingerprint density at radius 1 is 1.22 bits per heavy atom. The lowest BCUT2D eigenvalue weighted by molar-refractivity contribution is -0.148. The van der Waals surface area contributed by atoms with Crippen LogP contribution in [-0.2, 0) is 22.6 Å². The summed E-state index contributed by atoms with van der Waals surface area (Å²) < 4.78 is 0. The molecule has 0 aromatic carbocycles. The van der Waals surface area contributed by atoms with Gasteiger partial charge in [0.25, 0.3) is 5.91 Å². The number of carbonyl (C=O) groups is 3. The number of rotatable bonds is 6. The van der Waals surface area contributed by atoms with Gasteiger partial charge in [-0.25, -0.2) is 0 Å². The Bertz CT molecular complexity index is 1220. The fourth-order valence-corrected chi connectivity index (χ4v) is 5.68. The van der Waals surface area contributed by atoms with Crippen LogP contribution in [0.4, 0.5) is 0 Å². The predicted octanol–water partition coefficient (Wildman–Crippen LogP) is -0.876. The maximum atomic E-state index is 13.6. The predicted molar refractivity (Wildman–Crippen MR) is 127 cm³/mol. The Morgan fingerprint density at radius 3 is 2.47 bits per heavy atom. The number of hydrogen-bond acceptors (Lipinski definition) is 11. The first-order valence-electron chi connectivity index (χ1n) is 11.5. The first-order valence-corrected chi connectivity index (χ1v) is 11.5. The Morgan fingerprint density at radius 2 is 1.89 bits per heavy atom. The molecule has 3 aliphatic rings. The molecular formula is C24H31N5O7. The molecule has 4 rings (SSSR count). The number of aliphatic hydroxyl groups excluding tert-OH is 2. The third-order valence-corrected chi connectivity index (χ3v) is 7.26. The van der Waals surface area contributed by atoms with E-state index in [2.05, 4.69) is 10.3 Å². The van der Waals surface area contributed by atoms with Crippen LogP contribution in [0.1, 0.15) is 28.0 Å². The molecule has 0 fully saturated rings. The molecule has 0 saturated carbocycles. The zero-order chi connectivity index (χ0) is 26.7. The molecule has 0 radical (unpaired) electrons. The highest BCUT2D eigenvalue weighted by molar-refractivity contribution is 6.24. The van der Waals surface area contributed by atoms with E-state index >= 15 is 0 Å². The first-order chi connectivity index (χ1) is 16.8. The van der Waals surface area contributed by atoms with Crippen LogP contribution >= 0.6 is 0 Å². The third kappa shape index (κ3) is 3.68. The van der Waals surface area contributed by atoms with Crippen molar-refractivity contribution in [2.75, 3.05) is 34.9 Å². The van der Waals surface area contributed by atoms with Gasteiger partial charge in [-0.2, -0.15) is 0 Å². The number of Topliss-reactive ketones (excluding diaryl/α,β-unsaturated/α-hetero) is 2. The van der Waals surface area contributed by atoms with Gasteiger partial charge in [-0.15, -0.1) is 0 Å². The number of nitrogens with one attached hydrogen (secondary N) is 1. The number of allylic oxidation sites excluding steroid dienone is 1. The van der Waals surface area contributed by atoms with Crippen molar-refractivity contribution < 1.29 is 34.8 Å². The number of fused-ring (bicyclic) bond motifs is 3. The molecule has 194 valence electrons. The van der Waals surface area contributed by atoms with Gasteiger partial charge in [-0.3, -0.25) is 34.5 Å². The Kier molecular flexibility index (Phi) is 6.41. The molecule has 0 spiro atoms. The summed E-state index contributed by atoms with van der Waals surface area (Å²) in [6.45, 7) is 0.687.